The molecular formula is C26H46N2O12. The molecule has 0 spiro atoms. The molecule has 14 nitrogen and oxygen atoms in total. The maximum Gasteiger partial charge on any atom is 0.254 e. The first kappa shape index (κ1) is 36.2. The summed E-state index contributed by atoms with van der Waals surface area (Å²) in [5.41, 5.74) is 0. The van der Waals surface area contributed by atoms with Crippen LogP contribution in [0.5, 0.6) is 0 Å². The molecule has 1 heterocycles. The van der Waals surface area contributed by atoms with Gasteiger partial charge in [0, 0.05) is 32.2 Å². The summed E-state index contributed by atoms with van der Waals surface area (Å²) in [7, 11) is 1.63. The lowest BCUT2D eigenvalue weighted by atomic mass is 10.1. The van der Waals surface area contributed by atoms with Crippen molar-refractivity contribution < 1.29 is 57.4 Å². The zero-order chi connectivity index (χ0) is 29.3. The Hall–Kier alpha value is -1.85. The van der Waals surface area contributed by atoms with Gasteiger partial charge in [-0.05, 0) is 6.92 Å². The molecule has 1 aliphatic rings. The molecular weight excluding hydrogens is 532 g/mol. The summed E-state index contributed by atoms with van der Waals surface area (Å²) in [6.45, 7) is 8.20. The smallest absolute Gasteiger partial charge is 0.254 e. The maximum atomic E-state index is 11.8. The minimum Gasteiger partial charge on any atom is -0.382 e. The normalized spacial score (nSPS) is 14.8. The molecule has 232 valence electrons. The molecule has 2 unspecified atom stereocenters. The molecule has 2 atom stereocenters. The zero-order valence-electron chi connectivity index (χ0n) is 23.7. The van der Waals surface area contributed by atoms with E-state index in [-0.39, 0.29) is 25.4 Å². The molecule has 0 aliphatic carbocycles. The van der Waals surface area contributed by atoms with Gasteiger partial charge in [0.1, 0.15) is 12.3 Å². The average Bonchev–Trinajstić information content (AvgIpc) is 3.26. The predicted molar refractivity (Wildman–Crippen MR) is 142 cm³/mol. The summed E-state index contributed by atoms with van der Waals surface area (Å²) < 4.78 is 42.6. The third-order valence-corrected chi connectivity index (χ3v) is 5.37. The number of carbonyl (C=O) groups excluding carboxylic acids is 3. The first-order valence-corrected chi connectivity index (χ1v) is 13.5. The summed E-state index contributed by atoms with van der Waals surface area (Å²) in [6.07, 6.45) is 1.54. The Kier molecular flexibility index (Phi) is 22.5. The fourth-order valence-corrected chi connectivity index (χ4v) is 3.24. The highest BCUT2D eigenvalue weighted by Crippen LogP contribution is 2.10. The standard InChI is InChI=1S/C26H46N2O12/c1-22(29)23(28-25(31)3-4-26(28)32)21-27-24(30)5-6-34-9-10-36-13-14-38-17-18-40-20-19-39-16-15-37-12-11-35-8-7-33-2/h3-4,23-24,27,30H,5-21H2,1-2H3. The molecule has 0 bridgehead atoms. The van der Waals surface area contributed by atoms with Crippen LogP contribution in [0.25, 0.3) is 0 Å². The molecule has 0 saturated heterocycles. The summed E-state index contributed by atoms with van der Waals surface area (Å²) in [5, 5.41) is 12.8. The minimum absolute atomic E-state index is 0.0416. The highest BCUT2D eigenvalue weighted by Gasteiger charge is 2.33. The molecule has 0 aromatic carbocycles. The number of aliphatic hydroxyl groups excluding tert-OH is 1. The van der Waals surface area contributed by atoms with Crippen LogP contribution in [-0.2, 0) is 52.3 Å². The van der Waals surface area contributed by atoms with E-state index in [9.17, 15) is 19.5 Å². The number of ether oxygens (including phenoxy) is 8. The molecule has 14 heteroatoms. The molecule has 1 aliphatic heterocycles. The van der Waals surface area contributed by atoms with Crippen LogP contribution in [0.4, 0.5) is 0 Å². The number of ketones is 1. The molecule has 0 saturated carbocycles. The minimum atomic E-state index is -0.972. The number of carbonyl (C=O) groups is 3. The van der Waals surface area contributed by atoms with Crippen molar-refractivity contribution in [3.8, 4) is 0 Å². The Bertz CT molecular complexity index is 691. The largest absolute Gasteiger partial charge is 0.382 e. The first-order chi connectivity index (χ1) is 19.5. The Morgan fingerprint density at radius 1 is 0.700 bits per heavy atom. The van der Waals surface area contributed by atoms with E-state index < -0.39 is 24.1 Å². The number of nitrogens with zero attached hydrogens (tertiary/aromatic N) is 1. The summed E-state index contributed by atoms with van der Waals surface area (Å²) in [4.78, 5) is 36.3. The van der Waals surface area contributed by atoms with Gasteiger partial charge in [0.05, 0.1) is 99.1 Å². The number of nitrogens with one attached hydrogen (secondary N) is 1. The van der Waals surface area contributed by atoms with Crippen molar-refractivity contribution in [3.05, 3.63) is 12.2 Å². The van der Waals surface area contributed by atoms with E-state index in [4.69, 9.17) is 37.9 Å². The van der Waals surface area contributed by atoms with E-state index in [0.29, 0.717) is 92.5 Å². The summed E-state index contributed by atoms with van der Waals surface area (Å²) in [5.74, 6) is -1.44. The Balaban J connectivity index is 1.81. The SMILES string of the molecule is COCCOCCOCCOCCOCCOCCOCCOCCC(O)NCC(C(C)=O)N1C(=O)C=CC1=O. The first-order valence-electron chi connectivity index (χ1n) is 13.5. The number of hydrogen-bond acceptors (Lipinski definition) is 13. The molecule has 40 heavy (non-hydrogen) atoms. The van der Waals surface area contributed by atoms with Crippen molar-refractivity contribution in [2.45, 2.75) is 25.6 Å². The van der Waals surface area contributed by atoms with Gasteiger partial charge in [0.2, 0.25) is 0 Å². The Morgan fingerprint density at radius 2 is 1.05 bits per heavy atom. The Labute approximate surface area is 236 Å². The van der Waals surface area contributed by atoms with Crippen molar-refractivity contribution in [3.63, 3.8) is 0 Å². The lowest BCUT2D eigenvalue weighted by molar-refractivity contribution is -0.144. The van der Waals surface area contributed by atoms with Crippen molar-refractivity contribution >= 4 is 17.6 Å². The summed E-state index contributed by atoms with van der Waals surface area (Å²) >= 11 is 0. The lowest BCUT2D eigenvalue weighted by Gasteiger charge is -2.25. The van der Waals surface area contributed by atoms with Crippen molar-refractivity contribution in [2.75, 3.05) is 113 Å². The van der Waals surface area contributed by atoms with Crippen LogP contribution in [0, 0.1) is 0 Å². The highest BCUT2D eigenvalue weighted by atomic mass is 16.6. The number of imide groups is 1. The molecule has 2 N–H and O–H groups in total. The molecule has 1 rings (SSSR count). The fourth-order valence-electron chi connectivity index (χ4n) is 3.24. The molecule has 2 amide bonds. The molecule has 0 aromatic rings. The second-order valence-corrected chi connectivity index (χ2v) is 8.50. The van der Waals surface area contributed by atoms with Gasteiger partial charge in [0.25, 0.3) is 11.8 Å². The molecule has 0 radical (unpaired) electrons. The second kappa shape index (κ2) is 24.9. The van der Waals surface area contributed by atoms with Gasteiger partial charge < -0.3 is 43.0 Å². The van der Waals surface area contributed by atoms with Crippen LogP contribution >= 0.6 is 0 Å². The topological polar surface area (TPSA) is 161 Å². The second-order valence-electron chi connectivity index (χ2n) is 8.50. The fraction of sp³-hybridized carbons (Fsp3) is 0.808. The van der Waals surface area contributed by atoms with Gasteiger partial charge in [-0.15, -0.1) is 0 Å². The van der Waals surface area contributed by atoms with Crippen molar-refractivity contribution in [1.82, 2.24) is 10.2 Å². The van der Waals surface area contributed by atoms with E-state index in [1.165, 1.54) is 6.92 Å². The van der Waals surface area contributed by atoms with Crippen LogP contribution in [0.15, 0.2) is 12.2 Å². The van der Waals surface area contributed by atoms with Gasteiger partial charge in [0.15, 0.2) is 5.78 Å². The van der Waals surface area contributed by atoms with Crippen LogP contribution in [0.2, 0.25) is 0 Å². The van der Waals surface area contributed by atoms with E-state index in [1.54, 1.807) is 7.11 Å². The maximum absolute atomic E-state index is 11.8. The third-order valence-electron chi connectivity index (χ3n) is 5.37. The molecule has 0 fully saturated rings. The van der Waals surface area contributed by atoms with Crippen molar-refractivity contribution in [2.24, 2.45) is 0 Å². The predicted octanol–water partition coefficient (Wildman–Crippen LogP) is -1.07. The van der Waals surface area contributed by atoms with Crippen molar-refractivity contribution in [1.29, 1.82) is 0 Å². The van der Waals surface area contributed by atoms with E-state index in [1.807, 2.05) is 0 Å². The van der Waals surface area contributed by atoms with Crippen LogP contribution in [0.3, 0.4) is 0 Å². The number of amides is 2. The van der Waals surface area contributed by atoms with E-state index in [2.05, 4.69) is 5.32 Å². The number of aliphatic hydroxyl groups is 1. The number of hydrogen-bond donors (Lipinski definition) is 2. The van der Waals surface area contributed by atoms with E-state index in [0.717, 1.165) is 17.1 Å². The number of Topliss-reactive ketones (excluding diaryl/α,β-unsaturated/α-hetero) is 1. The van der Waals surface area contributed by atoms with Crippen LogP contribution < -0.4 is 5.32 Å². The Morgan fingerprint density at radius 3 is 1.40 bits per heavy atom. The van der Waals surface area contributed by atoms with Crippen LogP contribution in [-0.4, -0.2) is 153 Å². The summed E-state index contributed by atoms with van der Waals surface area (Å²) in [6, 6.07) is -0.972. The van der Waals surface area contributed by atoms with E-state index >= 15 is 0 Å². The zero-order valence-corrected chi connectivity index (χ0v) is 23.7. The van der Waals surface area contributed by atoms with Gasteiger partial charge >= 0.3 is 0 Å². The van der Waals surface area contributed by atoms with Crippen LogP contribution in [0.1, 0.15) is 13.3 Å². The van der Waals surface area contributed by atoms with Gasteiger partial charge in [-0.3, -0.25) is 24.6 Å². The number of methoxy groups -OCH3 is 1. The van der Waals surface area contributed by atoms with Gasteiger partial charge in [-0.1, -0.05) is 0 Å². The monoisotopic (exact) mass is 578 g/mol. The molecule has 0 aromatic heterocycles. The number of rotatable bonds is 29. The highest BCUT2D eigenvalue weighted by molar-refractivity contribution is 6.15. The van der Waals surface area contributed by atoms with Gasteiger partial charge in [-0.25, -0.2) is 0 Å². The lowest BCUT2D eigenvalue weighted by Crippen LogP contribution is -2.51. The average molecular weight is 579 g/mol. The third kappa shape index (κ3) is 18.5. The quantitative estimate of drug-likeness (QED) is 0.0628. The van der Waals surface area contributed by atoms with Gasteiger partial charge in [-0.2, -0.15) is 0 Å².